The van der Waals surface area contributed by atoms with E-state index >= 15 is 0 Å². The molecule has 0 aliphatic rings. The van der Waals surface area contributed by atoms with E-state index in [0.717, 1.165) is 5.56 Å². The Hall–Kier alpha value is -1.90. The largest absolute Gasteiger partial charge is 0.300 e. The first-order valence-corrected chi connectivity index (χ1v) is 5.90. The van der Waals surface area contributed by atoms with Gasteiger partial charge in [0.05, 0.1) is 6.61 Å². The third kappa shape index (κ3) is 2.35. The van der Waals surface area contributed by atoms with Crippen LogP contribution in [0.3, 0.4) is 0 Å². The normalized spacial score (nSPS) is 11.2. The number of allylic oxidation sites excluding steroid dienone is 2. The number of hydrogen-bond donors (Lipinski definition) is 1. The van der Waals surface area contributed by atoms with Crippen LogP contribution < -0.4 is 5.90 Å². The van der Waals surface area contributed by atoms with Gasteiger partial charge in [-0.2, -0.15) is 0 Å². The van der Waals surface area contributed by atoms with Crippen LogP contribution in [0.4, 0.5) is 0 Å². The molecule has 2 rings (SSSR count). The quantitative estimate of drug-likeness (QED) is 0.651. The molecule has 2 heteroatoms. The minimum Gasteiger partial charge on any atom is -0.300 e. The van der Waals surface area contributed by atoms with Gasteiger partial charge in [0.1, 0.15) is 0 Å². The van der Waals surface area contributed by atoms with Crippen molar-refractivity contribution in [3.05, 3.63) is 65.8 Å². The molecule has 0 aliphatic heterocycles. The Morgan fingerprint density at radius 3 is 2.83 bits per heavy atom. The van der Waals surface area contributed by atoms with Crippen LogP contribution in [0.15, 0.2) is 49.1 Å². The smallest absolute Gasteiger partial charge is 0.0938 e. The van der Waals surface area contributed by atoms with E-state index in [4.69, 9.17) is 10.7 Å². The number of nitrogens with two attached hydrogens (primary N) is 1. The van der Waals surface area contributed by atoms with Gasteiger partial charge in [0.15, 0.2) is 0 Å². The molecule has 0 saturated heterocycles. The highest BCUT2D eigenvalue weighted by atomic mass is 16.6. The Morgan fingerprint density at radius 2 is 2.11 bits per heavy atom. The van der Waals surface area contributed by atoms with Crippen LogP contribution >= 0.6 is 0 Å². The molecule has 0 unspecified atom stereocenters. The molecule has 18 heavy (non-hydrogen) atoms. The van der Waals surface area contributed by atoms with Crippen LogP contribution in [0.25, 0.3) is 16.8 Å². The summed E-state index contributed by atoms with van der Waals surface area (Å²) in [6.45, 7) is 6.20. The fourth-order valence-corrected chi connectivity index (χ4v) is 2.16. The van der Waals surface area contributed by atoms with Crippen molar-refractivity contribution in [2.45, 2.75) is 13.5 Å². The van der Waals surface area contributed by atoms with E-state index in [-0.39, 0.29) is 0 Å². The first-order valence-electron chi connectivity index (χ1n) is 5.90. The van der Waals surface area contributed by atoms with Crippen LogP contribution in [0, 0.1) is 6.92 Å². The summed E-state index contributed by atoms with van der Waals surface area (Å²) >= 11 is 0. The molecule has 92 valence electrons. The Balaban J connectivity index is 2.70. The van der Waals surface area contributed by atoms with Gasteiger partial charge in [-0.05, 0) is 40.5 Å². The van der Waals surface area contributed by atoms with E-state index in [0.29, 0.717) is 6.61 Å². The average molecular weight is 239 g/mol. The zero-order valence-corrected chi connectivity index (χ0v) is 10.5. The summed E-state index contributed by atoms with van der Waals surface area (Å²) in [5.74, 6) is 5.24. The molecule has 0 radical (unpaired) electrons. The van der Waals surface area contributed by atoms with E-state index in [2.05, 4.69) is 37.8 Å². The maximum Gasteiger partial charge on any atom is 0.0938 e. The minimum atomic E-state index is 0.419. The van der Waals surface area contributed by atoms with Crippen molar-refractivity contribution in [2.24, 2.45) is 5.90 Å². The summed E-state index contributed by atoms with van der Waals surface area (Å²) in [6, 6.07) is 10.4. The summed E-state index contributed by atoms with van der Waals surface area (Å²) < 4.78 is 0. The number of hydrogen-bond acceptors (Lipinski definition) is 2. The van der Waals surface area contributed by atoms with Gasteiger partial charge in [-0.25, -0.2) is 5.90 Å². The lowest BCUT2D eigenvalue weighted by atomic mass is 9.95. The second-order valence-corrected chi connectivity index (χ2v) is 4.20. The molecule has 0 saturated carbocycles. The highest BCUT2D eigenvalue weighted by Crippen LogP contribution is 2.27. The predicted molar refractivity (Wildman–Crippen MR) is 76.9 cm³/mol. The van der Waals surface area contributed by atoms with E-state index in [1.165, 1.54) is 21.9 Å². The zero-order chi connectivity index (χ0) is 13.0. The summed E-state index contributed by atoms with van der Waals surface area (Å²) in [4.78, 5) is 4.83. The first-order chi connectivity index (χ1) is 8.77. The topological polar surface area (TPSA) is 35.2 Å². The van der Waals surface area contributed by atoms with E-state index in [9.17, 15) is 0 Å². The van der Waals surface area contributed by atoms with Crippen molar-refractivity contribution in [2.75, 3.05) is 0 Å². The van der Waals surface area contributed by atoms with Crippen molar-refractivity contribution in [1.82, 2.24) is 0 Å². The zero-order valence-electron chi connectivity index (χ0n) is 10.5. The van der Waals surface area contributed by atoms with Gasteiger partial charge >= 0.3 is 0 Å². The van der Waals surface area contributed by atoms with Crippen LogP contribution in [0.5, 0.6) is 0 Å². The fraction of sp³-hybridized carbons (Fsp3) is 0.125. The Kier molecular flexibility index (Phi) is 3.92. The van der Waals surface area contributed by atoms with Crippen LogP contribution in [-0.2, 0) is 11.4 Å². The van der Waals surface area contributed by atoms with Gasteiger partial charge in [0.2, 0.25) is 0 Å². The molecule has 0 amide bonds. The summed E-state index contributed by atoms with van der Waals surface area (Å²) in [7, 11) is 0. The third-order valence-corrected chi connectivity index (χ3v) is 3.12. The lowest BCUT2D eigenvalue weighted by molar-refractivity contribution is 0.124. The van der Waals surface area contributed by atoms with Crippen molar-refractivity contribution < 1.29 is 4.84 Å². The molecule has 0 bridgehead atoms. The second-order valence-electron chi connectivity index (χ2n) is 4.20. The molecule has 0 aliphatic carbocycles. The Morgan fingerprint density at radius 1 is 1.33 bits per heavy atom. The predicted octanol–water partition coefficient (Wildman–Crippen LogP) is 3.74. The Bertz CT molecular complexity index is 599. The summed E-state index contributed by atoms with van der Waals surface area (Å²) in [5.41, 5.74) is 3.50. The fourth-order valence-electron chi connectivity index (χ4n) is 2.16. The van der Waals surface area contributed by atoms with E-state index < -0.39 is 0 Å². The highest BCUT2D eigenvalue weighted by molar-refractivity contribution is 5.89. The SMILES string of the molecule is C=C/C=C\c1cc2ccccc2c(CON)c1C. The number of fused-ring (bicyclic) bond motifs is 1. The maximum atomic E-state index is 5.24. The molecule has 0 heterocycles. The van der Waals surface area contributed by atoms with Crippen LogP contribution in [0.1, 0.15) is 16.7 Å². The average Bonchev–Trinajstić information content (AvgIpc) is 2.40. The van der Waals surface area contributed by atoms with Gasteiger partial charge in [-0.1, -0.05) is 49.1 Å². The number of rotatable bonds is 4. The molecule has 2 aromatic rings. The Labute approximate surface area is 107 Å². The standard InChI is InChI=1S/C16H17NO/c1-3-4-7-13-10-14-8-5-6-9-15(14)16(11-18-17)12(13)2/h3-10H,1,11,17H2,2H3/b7-4-. The van der Waals surface area contributed by atoms with Crippen molar-refractivity contribution in [3.63, 3.8) is 0 Å². The molecule has 2 nitrogen and oxygen atoms in total. The lowest BCUT2D eigenvalue weighted by Gasteiger charge is -2.12. The lowest BCUT2D eigenvalue weighted by Crippen LogP contribution is -2.02. The monoisotopic (exact) mass is 239 g/mol. The molecular formula is C16H17NO. The van der Waals surface area contributed by atoms with Crippen LogP contribution in [-0.4, -0.2) is 0 Å². The van der Waals surface area contributed by atoms with E-state index in [1.54, 1.807) is 6.08 Å². The second kappa shape index (κ2) is 5.63. The van der Waals surface area contributed by atoms with Gasteiger partial charge < -0.3 is 0 Å². The molecule has 0 fully saturated rings. The van der Waals surface area contributed by atoms with Gasteiger partial charge in [0.25, 0.3) is 0 Å². The first kappa shape index (κ1) is 12.6. The maximum absolute atomic E-state index is 5.24. The molecule has 0 atom stereocenters. The summed E-state index contributed by atoms with van der Waals surface area (Å²) in [5, 5.41) is 2.38. The third-order valence-electron chi connectivity index (χ3n) is 3.12. The summed E-state index contributed by atoms with van der Waals surface area (Å²) in [6.07, 6.45) is 5.76. The molecule has 0 aromatic heterocycles. The van der Waals surface area contributed by atoms with Gasteiger partial charge in [-0.15, -0.1) is 0 Å². The molecule has 0 spiro atoms. The van der Waals surface area contributed by atoms with E-state index in [1.807, 2.05) is 18.2 Å². The van der Waals surface area contributed by atoms with Crippen LogP contribution in [0.2, 0.25) is 0 Å². The highest BCUT2D eigenvalue weighted by Gasteiger charge is 2.08. The molecule has 2 N–H and O–H groups in total. The van der Waals surface area contributed by atoms with Crippen molar-refractivity contribution in [1.29, 1.82) is 0 Å². The van der Waals surface area contributed by atoms with Crippen molar-refractivity contribution in [3.8, 4) is 0 Å². The minimum absolute atomic E-state index is 0.419. The van der Waals surface area contributed by atoms with Crippen molar-refractivity contribution >= 4 is 16.8 Å². The van der Waals surface area contributed by atoms with Gasteiger partial charge in [0, 0.05) is 0 Å². The van der Waals surface area contributed by atoms with Gasteiger partial charge in [-0.3, -0.25) is 4.84 Å². The molecular weight excluding hydrogens is 222 g/mol. The number of benzene rings is 2. The molecule has 2 aromatic carbocycles.